The molecule has 2 unspecified atom stereocenters. The van der Waals surface area contributed by atoms with Crippen LogP contribution in [-0.2, 0) is 9.59 Å². The lowest BCUT2D eigenvalue weighted by Gasteiger charge is -2.58. The molecule has 41 heavy (non-hydrogen) atoms. The maximum absolute atomic E-state index is 14.3. The van der Waals surface area contributed by atoms with Crippen molar-refractivity contribution in [2.45, 2.75) is 119 Å². The van der Waals surface area contributed by atoms with Gasteiger partial charge in [0.15, 0.2) is 0 Å². The molecule has 5 rings (SSSR count). The Morgan fingerprint density at radius 1 is 0.756 bits per heavy atom. The highest BCUT2D eigenvalue weighted by molar-refractivity contribution is 6.13. The van der Waals surface area contributed by atoms with E-state index in [1.165, 1.54) is 30.6 Å². The average molecular weight is 560 g/mol. The smallest absolute Gasteiger partial charge is 0.239 e. The highest BCUT2D eigenvalue weighted by Gasteiger charge is 2.55. The van der Waals surface area contributed by atoms with E-state index in [0.717, 1.165) is 49.7 Å². The largest absolute Gasteiger partial charge is 0.274 e. The number of imide groups is 1. The third-order valence-electron chi connectivity index (χ3n) is 12.6. The van der Waals surface area contributed by atoms with Crippen LogP contribution in [0.4, 0.5) is 5.95 Å². The number of carbonyl (C=O) groups excluding carboxylic acids is 2. The third kappa shape index (κ3) is 5.25. The fourth-order valence-electron chi connectivity index (χ4n) is 10.6. The van der Waals surface area contributed by atoms with Crippen LogP contribution in [0.3, 0.4) is 0 Å². The van der Waals surface area contributed by atoms with Gasteiger partial charge in [0, 0.05) is 25.2 Å². The Morgan fingerprint density at radius 3 is 1.59 bits per heavy atom. The van der Waals surface area contributed by atoms with Crippen molar-refractivity contribution in [2.24, 2.45) is 45.3 Å². The number of aromatic nitrogens is 2. The van der Waals surface area contributed by atoms with E-state index in [1.807, 2.05) is 0 Å². The Hall–Kier alpha value is -2.30. The summed E-state index contributed by atoms with van der Waals surface area (Å²) in [5.41, 5.74) is 2.83. The molecule has 0 spiro atoms. The lowest BCUT2D eigenvalue weighted by Crippen LogP contribution is -2.52. The Kier molecular flexibility index (Phi) is 7.92. The molecule has 4 aliphatic rings. The number of carbonyl (C=O) groups is 2. The minimum absolute atomic E-state index is 0.00500. The maximum atomic E-state index is 14.3. The van der Waals surface area contributed by atoms with Crippen molar-refractivity contribution in [3.05, 3.63) is 42.8 Å². The monoisotopic (exact) mass is 559 g/mol. The van der Waals surface area contributed by atoms with Crippen molar-refractivity contribution >= 4 is 17.8 Å². The molecule has 1 aromatic rings. The van der Waals surface area contributed by atoms with Crippen LogP contribution in [0.25, 0.3) is 0 Å². The molecule has 1 heterocycles. The van der Waals surface area contributed by atoms with Crippen molar-refractivity contribution < 1.29 is 9.59 Å². The highest BCUT2D eigenvalue weighted by Crippen LogP contribution is 2.63. The van der Waals surface area contributed by atoms with E-state index in [4.69, 9.17) is 0 Å². The van der Waals surface area contributed by atoms with Gasteiger partial charge in [-0.1, -0.05) is 78.7 Å². The van der Waals surface area contributed by atoms with Gasteiger partial charge >= 0.3 is 0 Å². The minimum atomic E-state index is -0.190. The molecule has 0 bridgehead atoms. The van der Waals surface area contributed by atoms with Gasteiger partial charge in [-0.15, -0.1) is 0 Å². The quantitative estimate of drug-likeness (QED) is 0.338. The van der Waals surface area contributed by atoms with E-state index < -0.39 is 0 Å². The Labute approximate surface area is 248 Å². The van der Waals surface area contributed by atoms with E-state index in [0.29, 0.717) is 11.8 Å². The first-order chi connectivity index (χ1) is 19.2. The first-order valence-corrected chi connectivity index (χ1v) is 16.2. The second-order valence-electron chi connectivity index (χ2n) is 15.9. The molecule has 1 aromatic heterocycles. The molecule has 0 N–H and O–H groups in total. The maximum Gasteiger partial charge on any atom is 0.239 e. The molecule has 224 valence electrons. The van der Waals surface area contributed by atoms with Gasteiger partial charge in [-0.25, -0.2) is 14.9 Å². The first-order valence-electron chi connectivity index (χ1n) is 16.2. The van der Waals surface area contributed by atoms with Crippen LogP contribution in [0, 0.1) is 45.3 Å². The number of anilines is 1. The van der Waals surface area contributed by atoms with Crippen LogP contribution < -0.4 is 4.90 Å². The summed E-state index contributed by atoms with van der Waals surface area (Å²) in [6, 6.07) is 1.73. The zero-order chi connectivity index (χ0) is 29.8. The summed E-state index contributed by atoms with van der Waals surface area (Å²) in [5.74, 6) is 1.01. The van der Waals surface area contributed by atoms with Gasteiger partial charge in [-0.3, -0.25) is 9.59 Å². The first kappa shape index (κ1) is 30.2. The van der Waals surface area contributed by atoms with Crippen molar-refractivity contribution in [3.8, 4) is 0 Å². The Bertz CT molecular complexity index is 1130. The normalized spacial score (nSPS) is 36.1. The second-order valence-corrected chi connectivity index (χ2v) is 15.9. The number of amides is 2. The summed E-state index contributed by atoms with van der Waals surface area (Å²) >= 11 is 0. The fourth-order valence-corrected chi connectivity index (χ4v) is 10.6. The molecule has 5 nitrogen and oxygen atoms in total. The van der Waals surface area contributed by atoms with E-state index in [2.05, 4.69) is 64.7 Å². The summed E-state index contributed by atoms with van der Waals surface area (Å²) in [6.45, 7) is 23.3. The van der Waals surface area contributed by atoms with E-state index in [1.54, 1.807) is 18.5 Å². The van der Waals surface area contributed by atoms with Crippen LogP contribution in [0.5, 0.6) is 0 Å². The topological polar surface area (TPSA) is 63.2 Å². The fraction of sp³-hybridized carbons (Fsp3) is 0.722. The van der Waals surface area contributed by atoms with Crippen molar-refractivity contribution in [2.75, 3.05) is 4.90 Å². The predicted molar refractivity (Wildman–Crippen MR) is 166 cm³/mol. The lowest BCUT2D eigenvalue weighted by atomic mass is 9.47. The zero-order valence-electron chi connectivity index (χ0n) is 26.6. The second kappa shape index (κ2) is 10.8. The van der Waals surface area contributed by atoms with Gasteiger partial charge in [-0.05, 0) is 103 Å². The number of hydrogen-bond donors (Lipinski definition) is 0. The van der Waals surface area contributed by atoms with Crippen LogP contribution in [-0.4, -0.2) is 21.8 Å². The van der Waals surface area contributed by atoms with Crippen LogP contribution in [0.2, 0.25) is 0 Å². The minimum Gasteiger partial charge on any atom is -0.274 e. The molecule has 5 heteroatoms. The molecule has 6 atom stereocenters. The van der Waals surface area contributed by atoms with Crippen molar-refractivity contribution in [1.29, 1.82) is 0 Å². The molecule has 4 fully saturated rings. The van der Waals surface area contributed by atoms with E-state index in [9.17, 15) is 9.59 Å². The standard InChI is InChI=1S/C36H53N3O2/c1-24-12-14-28-33(3,4)16-9-18-35(28,7)26(24)22-30(40)39(32-37-20-11-21-38-32)31(41)23-27-25(2)13-15-29-34(5,6)17-10-19-36(27,29)8/h11,20-21,26-29H,1-2,9-10,12-19,22-23H2,3-8H3/t26-,27+,28-,29?,35?,36+/m0/s1. The van der Waals surface area contributed by atoms with Gasteiger partial charge < -0.3 is 0 Å². The van der Waals surface area contributed by atoms with Gasteiger partial charge in [0.25, 0.3) is 0 Å². The molecule has 2 amide bonds. The molecule has 0 radical (unpaired) electrons. The molecule has 0 aromatic carbocycles. The van der Waals surface area contributed by atoms with Gasteiger partial charge in [-0.2, -0.15) is 0 Å². The SMILES string of the molecule is C=C1CCC2C(C)(C)CCC[C@]2(C)[C@@H]1CC(=O)N(C(=O)C[C@H]1C(=C)CC[C@H]2C(C)(C)CCCC12C)c1ncccn1. The molecular weight excluding hydrogens is 506 g/mol. The van der Waals surface area contributed by atoms with Gasteiger partial charge in [0.05, 0.1) is 0 Å². The summed E-state index contributed by atoms with van der Waals surface area (Å²) in [4.78, 5) is 38.8. The molecule has 4 aliphatic carbocycles. The molecule has 0 aliphatic heterocycles. The molecular formula is C36H53N3O2. The van der Waals surface area contributed by atoms with Gasteiger partial charge in [0.1, 0.15) is 0 Å². The summed E-state index contributed by atoms with van der Waals surface area (Å²) < 4.78 is 0. The Morgan fingerprint density at radius 2 is 1.17 bits per heavy atom. The zero-order valence-corrected chi connectivity index (χ0v) is 26.6. The number of allylic oxidation sites excluding steroid dienone is 2. The van der Waals surface area contributed by atoms with Crippen LogP contribution in [0.15, 0.2) is 42.8 Å². The summed E-state index contributed by atoms with van der Waals surface area (Å²) in [7, 11) is 0. The van der Waals surface area contributed by atoms with Crippen LogP contribution >= 0.6 is 0 Å². The summed E-state index contributed by atoms with van der Waals surface area (Å²) in [6.07, 6.45) is 15.0. The average Bonchev–Trinajstić information content (AvgIpc) is 2.88. The number of rotatable bonds is 5. The van der Waals surface area contributed by atoms with E-state index >= 15 is 0 Å². The van der Waals surface area contributed by atoms with Crippen molar-refractivity contribution in [3.63, 3.8) is 0 Å². The summed E-state index contributed by atoms with van der Waals surface area (Å²) in [5, 5.41) is 0. The molecule has 4 saturated carbocycles. The van der Waals surface area contributed by atoms with Crippen LogP contribution in [0.1, 0.15) is 119 Å². The van der Waals surface area contributed by atoms with Gasteiger partial charge in [0.2, 0.25) is 17.8 Å². The number of fused-ring (bicyclic) bond motifs is 2. The Balaban J connectivity index is 1.44. The highest BCUT2D eigenvalue weighted by atomic mass is 16.2. The lowest BCUT2D eigenvalue weighted by molar-refractivity contribution is -0.131. The molecule has 0 saturated heterocycles. The third-order valence-corrected chi connectivity index (χ3v) is 12.6. The van der Waals surface area contributed by atoms with Crippen molar-refractivity contribution in [1.82, 2.24) is 9.97 Å². The van der Waals surface area contributed by atoms with E-state index in [-0.39, 0.29) is 64.1 Å². The number of hydrogen-bond acceptors (Lipinski definition) is 4. The number of nitrogens with zero attached hydrogens (tertiary/aromatic N) is 3. The predicted octanol–water partition coefficient (Wildman–Crippen LogP) is 8.71.